The first kappa shape index (κ1) is 13.5. The summed E-state index contributed by atoms with van der Waals surface area (Å²) >= 11 is 1.70. The van der Waals surface area contributed by atoms with Crippen molar-refractivity contribution in [3.8, 4) is 6.07 Å². The Bertz CT molecular complexity index is 602. The number of hydrogen-bond donors (Lipinski definition) is 0. The molecule has 5 heteroatoms. The maximum Gasteiger partial charge on any atom is 0.137 e. The number of fused-ring (bicyclic) bond motifs is 1. The summed E-state index contributed by atoms with van der Waals surface area (Å²) in [6, 6.07) is 8.53. The Balaban J connectivity index is 1.66. The molecule has 0 radical (unpaired) electrons. The van der Waals surface area contributed by atoms with Crippen LogP contribution in [0.4, 0.5) is 0 Å². The molecule has 0 unspecified atom stereocenters. The zero-order valence-electron chi connectivity index (χ0n) is 11.6. The van der Waals surface area contributed by atoms with Gasteiger partial charge in [0.15, 0.2) is 0 Å². The standard InChI is InChI=1S/C15H18N4S/c1-20-15(12-16)5-8-18(9-6-15)10-13-11-19-7-3-2-4-14(19)17-13/h2-4,7,11H,5-6,8-10H2,1H3. The highest BCUT2D eigenvalue weighted by Gasteiger charge is 2.33. The van der Waals surface area contributed by atoms with Crippen molar-refractivity contribution in [1.82, 2.24) is 14.3 Å². The highest BCUT2D eigenvalue weighted by atomic mass is 32.2. The van der Waals surface area contributed by atoms with Crippen LogP contribution in [-0.2, 0) is 6.54 Å². The Morgan fingerprint density at radius 1 is 1.40 bits per heavy atom. The molecule has 0 N–H and O–H groups in total. The molecule has 4 nitrogen and oxygen atoms in total. The Morgan fingerprint density at radius 2 is 2.20 bits per heavy atom. The van der Waals surface area contributed by atoms with Gasteiger partial charge in [-0.1, -0.05) is 6.07 Å². The maximum atomic E-state index is 9.31. The molecular weight excluding hydrogens is 268 g/mol. The predicted octanol–water partition coefficient (Wildman–Crippen LogP) is 2.56. The van der Waals surface area contributed by atoms with E-state index in [1.165, 1.54) is 0 Å². The van der Waals surface area contributed by atoms with Crippen LogP contribution in [0.2, 0.25) is 0 Å². The number of thioether (sulfide) groups is 1. The average molecular weight is 286 g/mol. The molecule has 1 fully saturated rings. The van der Waals surface area contributed by atoms with E-state index in [9.17, 15) is 5.26 Å². The van der Waals surface area contributed by atoms with Gasteiger partial charge in [0, 0.05) is 32.0 Å². The molecule has 0 amide bonds. The fraction of sp³-hybridized carbons (Fsp3) is 0.467. The quantitative estimate of drug-likeness (QED) is 0.870. The number of nitrogens with zero attached hydrogens (tertiary/aromatic N) is 4. The van der Waals surface area contributed by atoms with Crippen molar-refractivity contribution in [2.75, 3.05) is 19.3 Å². The van der Waals surface area contributed by atoms with E-state index in [4.69, 9.17) is 0 Å². The lowest BCUT2D eigenvalue weighted by Crippen LogP contribution is -2.41. The molecule has 0 aromatic carbocycles. The van der Waals surface area contributed by atoms with E-state index in [-0.39, 0.29) is 4.75 Å². The maximum absolute atomic E-state index is 9.31. The lowest BCUT2D eigenvalue weighted by molar-refractivity contribution is 0.207. The first-order chi connectivity index (χ1) is 9.74. The van der Waals surface area contributed by atoms with Gasteiger partial charge in [-0.3, -0.25) is 4.90 Å². The van der Waals surface area contributed by atoms with E-state index < -0.39 is 0 Å². The van der Waals surface area contributed by atoms with E-state index in [1.807, 2.05) is 30.7 Å². The lowest BCUT2D eigenvalue weighted by Gasteiger charge is -2.35. The molecule has 2 aromatic rings. The Morgan fingerprint density at radius 3 is 2.85 bits per heavy atom. The van der Waals surface area contributed by atoms with Crippen molar-refractivity contribution < 1.29 is 0 Å². The minimum Gasteiger partial charge on any atom is -0.307 e. The molecule has 1 aliphatic rings. The summed E-state index contributed by atoms with van der Waals surface area (Å²) in [5, 5.41) is 9.31. The fourth-order valence-corrected chi connectivity index (χ4v) is 3.41. The molecule has 0 aliphatic carbocycles. The number of hydrogen-bond acceptors (Lipinski definition) is 4. The first-order valence-corrected chi connectivity index (χ1v) is 8.08. The van der Waals surface area contributed by atoms with Crippen molar-refractivity contribution in [3.05, 3.63) is 36.3 Å². The van der Waals surface area contributed by atoms with Crippen LogP contribution in [-0.4, -0.2) is 38.4 Å². The molecule has 1 aliphatic heterocycles. The molecule has 0 atom stereocenters. The molecule has 0 bridgehead atoms. The van der Waals surface area contributed by atoms with Crippen molar-refractivity contribution in [2.45, 2.75) is 24.1 Å². The van der Waals surface area contributed by atoms with Crippen LogP contribution in [0.1, 0.15) is 18.5 Å². The first-order valence-electron chi connectivity index (χ1n) is 6.86. The summed E-state index contributed by atoms with van der Waals surface area (Å²) in [5.41, 5.74) is 2.10. The third-order valence-corrected chi connectivity index (χ3v) is 5.34. The van der Waals surface area contributed by atoms with Crippen LogP contribution >= 0.6 is 11.8 Å². The van der Waals surface area contributed by atoms with E-state index in [1.54, 1.807) is 11.8 Å². The number of nitriles is 1. The van der Waals surface area contributed by atoms with Gasteiger partial charge in [0.2, 0.25) is 0 Å². The summed E-state index contributed by atoms with van der Waals surface area (Å²) < 4.78 is 1.89. The normalized spacial score (nSPS) is 19.0. The number of piperidine rings is 1. The molecule has 20 heavy (non-hydrogen) atoms. The van der Waals surface area contributed by atoms with Gasteiger partial charge >= 0.3 is 0 Å². The van der Waals surface area contributed by atoms with E-state index in [2.05, 4.69) is 26.6 Å². The summed E-state index contributed by atoms with van der Waals surface area (Å²) in [4.78, 5) is 7.03. The van der Waals surface area contributed by atoms with Crippen LogP contribution in [0, 0.1) is 11.3 Å². The van der Waals surface area contributed by atoms with Crippen molar-refractivity contribution in [2.24, 2.45) is 0 Å². The van der Waals surface area contributed by atoms with Crippen LogP contribution in [0.5, 0.6) is 0 Å². The van der Waals surface area contributed by atoms with Gasteiger partial charge < -0.3 is 4.40 Å². The second-order valence-electron chi connectivity index (χ2n) is 5.28. The molecule has 0 saturated carbocycles. The summed E-state index contributed by atoms with van der Waals surface area (Å²) in [6.07, 6.45) is 8.05. The van der Waals surface area contributed by atoms with Crippen molar-refractivity contribution in [1.29, 1.82) is 5.26 Å². The third kappa shape index (κ3) is 2.54. The Hall–Kier alpha value is -1.51. The van der Waals surface area contributed by atoms with Gasteiger partial charge in [-0.05, 0) is 31.2 Å². The lowest BCUT2D eigenvalue weighted by atomic mass is 9.97. The molecule has 3 rings (SSSR count). The molecule has 0 spiro atoms. The van der Waals surface area contributed by atoms with Gasteiger partial charge in [-0.15, -0.1) is 11.8 Å². The topological polar surface area (TPSA) is 44.3 Å². The number of likely N-dealkylation sites (tertiary alicyclic amines) is 1. The van der Waals surface area contributed by atoms with Crippen LogP contribution < -0.4 is 0 Å². The van der Waals surface area contributed by atoms with Gasteiger partial charge in [0.25, 0.3) is 0 Å². The van der Waals surface area contributed by atoms with Gasteiger partial charge in [0.1, 0.15) is 10.4 Å². The van der Waals surface area contributed by atoms with Crippen molar-refractivity contribution >= 4 is 17.4 Å². The molecule has 2 aromatic heterocycles. The van der Waals surface area contributed by atoms with E-state index >= 15 is 0 Å². The monoisotopic (exact) mass is 286 g/mol. The average Bonchev–Trinajstić information content (AvgIpc) is 2.90. The predicted molar refractivity (Wildman–Crippen MR) is 81.6 cm³/mol. The number of aromatic nitrogens is 2. The summed E-state index contributed by atoms with van der Waals surface area (Å²) in [5.74, 6) is 0. The molecule has 1 saturated heterocycles. The zero-order chi connectivity index (χ0) is 14.0. The number of pyridine rings is 1. The van der Waals surface area contributed by atoms with Crippen LogP contribution in [0.15, 0.2) is 30.6 Å². The summed E-state index contributed by atoms with van der Waals surface area (Å²) in [7, 11) is 0. The van der Waals surface area contributed by atoms with Crippen LogP contribution in [0.25, 0.3) is 5.65 Å². The summed E-state index contributed by atoms with van der Waals surface area (Å²) in [6.45, 7) is 2.82. The molecule has 104 valence electrons. The van der Waals surface area contributed by atoms with Gasteiger partial charge in [-0.25, -0.2) is 4.98 Å². The SMILES string of the molecule is CSC1(C#N)CCN(Cc2cn3ccccc3n2)CC1. The van der Waals surface area contributed by atoms with E-state index in [0.29, 0.717) is 0 Å². The van der Waals surface area contributed by atoms with Crippen molar-refractivity contribution in [3.63, 3.8) is 0 Å². The van der Waals surface area contributed by atoms with Gasteiger partial charge in [-0.2, -0.15) is 5.26 Å². The Kier molecular flexibility index (Phi) is 3.68. The second-order valence-corrected chi connectivity index (χ2v) is 6.47. The minimum absolute atomic E-state index is 0.171. The van der Waals surface area contributed by atoms with Gasteiger partial charge in [0.05, 0.1) is 11.8 Å². The smallest absolute Gasteiger partial charge is 0.137 e. The van der Waals surface area contributed by atoms with Crippen LogP contribution in [0.3, 0.4) is 0 Å². The number of imidazole rings is 1. The minimum atomic E-state index is -0.171. The highest BCUT2D eigenvalue weighted by Crippen LogP contribution is 2.34. The largest absolute Gasteiger partial charge is 0.307 e. The second kappa shape index (κ2) is 5.47. The fourth-order valence-electron chi connectivity index (χ4n) is 2.73. The molecule has 3 heterocycles. The Labute approximate surface area is 123 Å². The third-order valence-electron chi connectivity index (χ3n) is 4.06. The zero-order valence-corrected chi connectivity index (χ0v) is 12.4. The van der Waals surface area contributed by atoms with E-state index in [0.717, 1.165) is 43.8 Å². The number of rotatable bonds is 3. The highest BCUT2D eigenvalue weighted by molar-refractivity contribution is 8.00. The molecular formula is C15H18N4S.